The van der Waals surface area contributed by atoms with Crippen molar-refractivity contribution in [1.29, 1.82) is 0 Å². The number of benzene rings is 1. The summed E-state index contributed by atoms with van der Waals surface area (Å²) in [7, 11) is 0. The fraction of sp³-hybridized carbons (Fsp3) is 0.857. The lowest BCUT2D eigenvalue weighted by atomic mass is 10.1. The van der Waals surface area contributed by atoms with Gasteiger partial charge < -0.3 is 19.9 Å². The van der Waals surface area contributed by atoms with E-state index in [0.29, 0.717) is 25.5 Å². The van der Waals surface area contributed by atoms with Crippen LogP contribution < -0.4 is 19.9 Å². The molecular formula is C42H76Cl3NO3. The number of nitrogens with two attached hydrogens (primary N) is 1. The van der Waals surface area contributed by atoms with Gasteiger partial charge in [0.15, 0.2) is 11.5 Å². The highest BCUT2D eigenvalue weighted by Gasteiger charge is 2.15. The second-order valence-corrected chi connectivity index (χ2v) is 15.2. The molecule has 0 bridgehead atoms. The van der Waals surface area contributed by atoms with Crippen LogP contribution in [0.15, 0.2) is 12.1 Å². The Hall–Kier alpha value is -0.710. The summed E-state index contributed by atoms with van der Waals surface area (Å²) in [5, 5.41) is 0. The Kier molecular flexibility index (Phi) is 35.0. The van der Waals surface area contributed by atoms with Gasteiger partial charge in [-0.05, 0) is 38.5 Å². The lowest BCUT2D eigenvalue weighted by Gasteiger charge is -2.18. The van der Waals surface area contributed by atoms with E-state index >= 15 is 0 Å². The monoisotopic (exact) mass is 747 g/mol. The number of hydrogen-bond donors (Lipinski definition) is 1. The van der Waals surface area contributed by atoms with E-state index in [1.165, 1.54) is 154 Å². The Morgan fingerprint density at radius 3 is 0.816 bits per heavy atom. The Bertz CT molecular complexity index is 779. The number of hydrogen-bond acceptors (Lipinski definition) is 4. The summed E-state index contributed by atoms with van der Waals surface area (Å²) in [6, 6.07) is 3.82. The molecule has 0 aliphatic rings. The number of nitrogen functional groups attached to an aromatic ring is 1. The maximum Gasteiger partial charge on any atom is 0.203 e. The number of anilines is 1. The first kappa shape index (κ1) is 46.3. The third kappa shape index (κ3) is 29.6. The highest BCUT2D eigenvalue weighted by atomic mass is 35.5. The Labute approximate surface area is 318 Å². The molecule has 7 heteroatoms. The van der Waals surface area contributed by atoms with Crippen molar-refractivity contribution in [3.63, 3.8) is 0 Å². The normalized spacial score (nSPS) is 11.3. The third-order valence-corrected chi connectivity index (χ3v) is 10.2. The zero-order valence-electron chi connectivity index (χ0n) is 31.5. The molecule has 0 radical (unpaired) electrons. The minimum atomic E-state index is 0.664. The van der Waals surface area contributed by atoms with Gasteiger partial charge >= 0.3 is 0 Å². The lowest BCUT2D eigenvalue weighted by molar-refractivity contribution is 0.234. The van der Waals surface area contributed by atoms with Crippen LogP contribution >= 0.6 is 34.8 Å². The van der Waals surface area contributed by atoms with Gasteiger partial charge in [-0.25, -0.2) is 0 Å². The topological polar surface area (TPSA) is 53.7 Å². The van der Waals surface area contributed by atoms with E-state index < -0.39 is 0 Å². The minimum absolute atomic E-state index is 0.664. The van der Waals surface area contributed by atoms with Gasteiger partial charge in [0.05, 0.1) is 19.8 Å². The average molecular weight is 749 g/mol. The largest absolute Gasteiger partial charge is 0.489 e. The first-order valence-electron chi connectivity index (χ1n) is 20.7. The molecule has 0 aliphatic heterocycles. The van der Waals surface area contributed by atoms with Gasteiger partial charge in [0, 0.05) is 35.5 Å². The van der Waals surface area contributed by atoms with Crippen molar-refractivity contribution in [1.82, 2.24) is 0 Å². The third-order valence-electron chi connectivity index (χ3n) is 9.39. The molecule has 0 heterocycles. The van der Waals surface area contributed by atoms with Crippen molar-refractivity contribution in [2.45, 2.75) is 193 Å². The Morgan fingerprint density at radius 2 is 0.551 bits per heavy atom. The smallest absolute Gasteiger partial charge is 0.203 e. The summed E-state index contributed by atoms with van der Waals surface area (Å²) in [5.74, 6) is 4.59. The van der Waals surface area contributed by atoms with Gasteiger partial charge in [-0.15, -0.1) is 34.8 Å². The van der Waals surface area contributed by atoms with Crippen molar-refractivity contribution >= 4 is 40.5 Å². The summed E-state index contributed by atoms with van der Waals surface area (Å²) in [6.07, 6.45) is 37.7. The van der Waals surface area contributed by atoms with Crippen LogP contribution in [0.1, 0.15) is 193 Å². The molecule has 0 amide bonds. The molecule has 0 spiro atoms. The molecule has 1 aromatic rings. The number of rotatable bonds is 39. The second kappa shape index (κ2) is 37.1. The van der Waals surface area contributed by atoms with Gasteiger partial charge in [-0.2, -0.15) is 0 Å². The summed E-state index contributed by atoms with van der Waals surface area (Å²) in [6.45, 7) is 2.03. The highest BCUT2D eigenvalue weighted by molar-refractivity contribution is 6.18. The molecule has 1 rings (SSSR count). The molecule has 288 valence electrons. The summed E-state index contributed by atoms with van der Waals surface area (Å²) in [5.41, 5.74) is 7.00. The molecule has 0 aliphatic carbocycles. The van der Waals surface area contributed by atoms with Crippen LogP contribution in [0.2, 0.25) is 0 Å². The second-order valence-electron chi connectivity index (χ2n) is 14.1. The van der Waals surface area contributed by atoms with Crippen molar-refractivity contribution in [3.05, 3.63) is 12.1 Å². The number of ether oxygens (including phenoxy) is 3. The quantitative estimate of drug-likeness (QED) is 0.0414. The maximum absolute atomic E-state index is 6.39. The van der Waals surface area contributed by atoms with E-state index in [2.05, 4.69) is 0 Å². The van der Waals surface area contributed by atoms with E-state index in [1.54, 1.807) is 0 Å². The van der Waals surface area contributed by atoms with Crippen LogP contribution in [0.4, 0.5) is 5.69 Å². The molecule has 49 heavy (non-hydrogen) atoms. The summed E-state index contributed by atoms with van der Waals surface area (Å²) < 4.78 is 19.0. The average Bonchev–Trinajstić information content (AvgIpc) is 3.10. The van der Waals surface area contributed by atoms with Crippen molar-refractivity contribution in [2.75, 3.05) is 43.2 Å². The van der Waals surface area contributed by atoms with Gasteiger partial charge in [-0.1, -0.05) is 154 Å². The Morgan fingerprint density at radius 1 is 0.327 bits per heavy atom. The van der Waals surface area contributed by atoms with Gasteiger partial charge in [-0.3, -0.25) is 0 Å². The highest BCUT2D eigenvalue weighted by Crippen LogP contribution is 2.40. The molecule has 0 fully saturated rings. The first-order chi connectivity index (χ1) is 24.2. The van der Waals surface area contributed by atoms with E-state index in [9.17, 15) is 0 Å². The molecule has 0 saturated carbocycles. The Balaban J connectivity index is 2.44. The minimum Gasteiger partial charge on any atom is -0.489 e. The SMILES string of the molecule is Nc1cc(OCCCCCCCCCCCCCl)c(OCCCCCCCCCCCCCl)c(OCCCCCCCCCCCCCl)c1. The van der Waals surface area contributed by atoms with E-state index in [0.717, 1.165) is 73.4 Å². The molecule has 0 saturated heterocycles. The van der Waals surface area contributed by atoms with Gasteiger partial charge in [0.25, 0.3) is 0 Å². The van der Waals surface area contributed by atoms with Crippen LogP contribution in [-0.4, -0.2) is 37.5 Å². The zero-order valence-corrected chi connectivity index (χ0v) is 33.8. The molecule has 2 N–H and O–H groups in total. The van der Waals surface area contributed by atoms with Gasteiger partial charge in [0.2, 0.25) is 5.75 Å². The van der Waals surface area contributed by atoms with E-state index in [-0.39, 0.29) is 0 Å². The molecule has 0 atom stereocenters. The van der Waals surface area contributed by atoms with Crippen LogP contribution in [0, 0.1) is 0 Å². The van der Waals surface area contributed by atoms with Crippen molar-refractivity contribution in [3.8, 4) is 17.2 Å². The van der Waals surface area contributed by atoms with Crippen LogP contribution in [-0.2, 0) is 0 Å². The fourth-order valence-electron chi connectivity index (χ4n) is 6.32. The maximum atomic E-state index is 6.39. The van der Waals surface area contributed by atoms with Gasteiger partial charge in [0.1, 0.15) is 0 Å². The van der Waals surface area contributed by atoms with Crippen LogP contribution in [0.3, 0.4) is 0 Å². The predicted molar refractivity (Wildman–Crippen MR) is 218 cm³/mol. The molecule has 1 aromatic carbocycles. The fourth-order valence-corrected chi connectivity index (χ4v) is 6.89. The summed E-state index contributed by atoms with van der Waals surface area (Å²) in [4.78, 5) is 0. The summed E-state index contributed by atoms with van der Waals surface area (Å²) >= 11 is 17.3. The molecule has 0 unspecified atom stereocenters. The molecule has 0 aromatic heterocycles. The first-order valence-corrected chi connectivity index (χ1v) is 22.3. The zero-order chi connectivity index (χ0) is 35.3. The number of halogens is 3. The molecule has 4 nitrogen and oxygen atoms in total. The van der Waals surface area contributed by atoms with E-state index in [1.807, 2.05) is 12.1 Å². The predicted octanol–water partition coefficient (Wildman–Crippen LogP) is 14.8. The van der Waals surface area contributed by atoms with Crippen molar-refractivity contribution < 1.29 is 14.2 Å². The molecular weight excluding hydrogens is 673 g/mol. The lowest BCUT2D eigenvalue weighted by Crippen LogP contribution is -2.07. The number of alkyl halides is 3. The van der Waals surface area contributed by atoms with Crippen molar-refractivity contribution in [2.24, 2.45) is 0 Å². The van der Waals surface area contributed by atoms with Crippen LogP contribution in [0.5, 0.6) is 17.2 Å². The standard InChI is InChI=1S/C42H76Cl3NO3/c43-31-25-19-13-7-1-4-10-16-22-28-34-47-40-37-39(46)38-41(48-35-29-23-17-11-5-2-8-14-20-26-32-44)42(40)49-36-30-24-18-12-6-3-9-15-21-27-33-45/h37-38H,1-36,46H2. The van der Waals surface area contributed by atoms with E-state index in [4.69, 9.17) is 54.7 Å². The van der Waals surface area contributed by atoms with Crippen LogP contribution in [0.25, 0.3) is 0 Å². The number of unbranched alkanes of at least 4 members (excludes halogenated alkanes) is 27.